The predicted molar refractivity (Wildman–Crippen MR) is 172 cm³/mol. The van der Waals surface area contributed by atoms with E-state index < -0.39 is 29.6 Å². The number of amides is 5. The number of ether oxygens (including phenoxy) is 1. The number of anilines is 2. The van der Waals surface area contributed by atoms with Crippen LogP contribution in [0.1, 0.15) is 66.4 Å². The summed E-state index contributed by atoms with van der Waals surface area (Å²) in [5.41, 5.74) is 5.29. The average Bonchev–Trinajstić information content (AvgIpc) is 3.59. The summed E-state index contributed by atoms with van der Waals surface area (Å²) in [5, 5.41) is 11.3. The molecule has 3 aliphatic heterocycles. The molecule has 1 aromatic heterocycles. The van der Waals surface area contributed by atoms with Crippen LogP contribution in [0.3, 0.4) is 0 Å². The van der Waals surface area contributed by atoms with Gasteiger partial charge in [-0.1, -0.05) is 6.58 Å². The maximum atomic E-state index is 13.8. The van der Waals surface area contributed by atoms with Crippen LogP contribution in [0.2, 0.25) is 0 Å². The quantitative estimate of drug-likeness (QED) is 0.129. The molecule has 5 amide bonds. The van der Waals surface area contributed by atoms with Crippen molar-refractivity contribution in [2.45, 2.75) is 32.7 Å². The Hall–Kier alpha value is -5.56. The molecule has 2 aromatic carbocycles. The highest BCUT2D eigenvalue weighted by Gasteiger charge is 2.44. The fraction of sp³-hybridized carbons (Fsp3) is 0.265. The number of halogens is 1. The van der Waals surface area contributed by atoms with Gasteiger partial charge in [0.15, 0.2) is 0 Å². The molecule has 4 heterocycles. The molecule has 13 heteroatoms. The Kier molecular flexibility index (Phi) is 8.48. The van der Waals surface area contributed by atoms with Crippen LogP contribution >= 0.6 is 0 Å². The van der Waals surface area contributed by atoms with Crippen molar-refractivity contribution in [2.75, 3.05) is 36.9 Å². The number of aromatic nitrogens is 1. The number of rotatable bonds is 10. The van der Waals surface area contributed by atoms with Gasteiger partial charge in [0.25, 0.3) is 23.6 Å². The van der Waals surface area contributed by atoms with Crippen LogP contribution in [0, 0.1) is 19.7 Å². The normalized spacial score (nSPS) is 17.9. The molecule has 0 spiro atoms. The Bertz CT molecular complexity index is 1900. The fourth-order valence-corrected chi connectivity index (χ4v) is 6.06. The van der Waals surface area contributed by atoms with Crippen LogP contribution in [-0.4, -0.2) is 71.8 Å². The molecule has 47 heavy (non-hydrogen) atoms. The lowest BCUT2D eigenvalue weighted by Crippen LogP contribution is -2.51. The first kappa shape index (κ1) is 31.4. The van der Waals surface area contributed by atoms with Crippen LogP contribution in [0.4, 0.5) is 15.8 Å². The lowest BCUT2D eigenvalue weighted by Gasteiger charge is -2.29. The van der Waals surface area contributed by atoms with Crippen molar-refractivity contribution in [3.05, 3.63) is 93.7 Å². The summed E-state index contributed by atoms with van der Waals surface area (Å²) in [7, 11) is 0. The molecular formula is C34H33FN6O6. The SMILES string of the molecule is C=C1CCC(N2C(=O)c3ccc(NCCOCCNC(=O)c4c(C)[nH]c(/C=C5\C(=O)Nc6ccc(F)cc65)c4C)cc3C2=O)C(=O)N1. The number of imide groups is 1. The molecule has 3 aliphatic rings. The summed E-state index contributed by atoms with van der Waals surface area (Å²) >= 11 is 0. The molecule has 12 nitrogen and oxygen atoms in total. The van der Waals surface area contributed by atoms with Gasteiger partial charge in [0.1, 0.15) is 11.9 Å². The van der Waals surface area contributed by atoms with Gasteiger partial charge in [-0.25, -0.2) is 4.39 Å². The molecule has 242 valence electrons. The maximum Gasteiger partial charge on any atom is 0.262 e. The molecule has 3 aromatic rings. The molecule has 0 aliphatic carbocycles. The lowest BCUT2D eigenvalue weighted by molar-refractivity contribution is -0.125. The zero-order valence-electron chi connectivity index (χ0n) is 25.8. The third kappa shape index (κ3) is 6.04. The van der Waals surface area contributed by atoms with Crippen molar-refractivity contribution < 1.29 is 33.1 Å². The Morgan fingerprint density at radius 1 is 1.02 bits per heavy atom. The number of hydrogen-bond donors (Lipinski definition) is 5. The number of piperidine rings is 1. The molecule has 0 radical (unpaired) electrons. The summed E-state index contributed by atoms with van der Waals surface area (Å²) in [6, 6.07) is 8.08. The summed E-state index contributed by atoms with van der Waals surface area (Å²) < 4.78 is 19.5. The Morgan fingerprint density at radius 2 is 1.79 bits per heavy atom. The van der Waals surface area contributed by atoms with Crippen LogP contribution in [0.25, 0.3) is 11.6 Å². The first-order chi connectivity index (χ1) is 22.5. The maximum absolute atomic E-state index is 13.8. The number of nitrogens with one attached hydrogen (secondary N) is 5. The number of carbonyl (C=O) groups excluding carboxylic acids is 5. The number of benzene rings is 2. The Morgan fingerprint density at radius 3 is 2.57 bits per heavy atom. The highest BCUT2D eigenvalue weighted by molar-refractivity contribution is 6.35. The third-order valence-electron chi connectivity index (χ3n) is 8.42. The molecular weight excluding hydrogens is 607 g/mol. The molecule has 0 saturated carbocycles. The van der Waals surface area contributed by atoms with E-state index in [1.807, 2.05) is 0 Å². The standard InChI is InChI=1S/C34H33FN6O6/c1-17-4-9-28(31(43)38-17)41-33(45)22-7-6-21(15-25(22)34(41)46)36-10-12-47-13-11-37-32(44)29-18(2)27(39-19(29)3)16-24-23-14-20(35)5-8-26(23)40-30(24)42/h5-8,14-16,28,36,39H,1,4,9-13H2,2-3H3,(H,37,44)(H,38,43)(H,40,42)/b24-16-. The van der Waals surface area contributed by atoms with Crippen LogP contribution in [-0.2, 0) is 14.3 Å². The number of H-pyrrole nitrogens is 1. The minimum Gasteiger partial charge on any atom is -0.383 e. The third-order valence-corrected chi connectivity index (χ3v) is 8.42. The van der Waals surface area contributed by atoms with Gasteiger partial charge in [-0.3, -0.25) is 28.9 Å². The molecule has 1 fully saturated rings. The number of aryl methyl sites for hydroxylation is 1. The van der Waals surface area contributed by atoms with Crippen molar-refractivity contribution >= 4 is 52.6 Å². The summed E-state index contributed by atoms with van der Waals surface area (Å²) in [6.07, 6.45) is 2.45. The molecule has 1 saturated heterocycles. The molecule has 5 N–H and O–H groups in total. The van der Waals surface area contributed by atoms with Crippen molar-refractivity contribution in [2.24, 2.45) is 0 Å². The molecule has 1 atom stereocenters. The van der Waals surface area contributed by atoms with E-state index in [-0.39, 0.29) is 36.1 Å². The number of carbonyl (C=O) groups is 5. The monoisotopic (exact) mass is 640 g/mol. The Balaban J connectivity index is 0.973. The second kappa shape index (κ2) is 12.7. The highest BCUT2D eigenvalue weighted by atomic mass is 19.1. The largest absolute Gasteiger partial charge is 0.383 e. The van der Waals surface area contributed by atoms with E-state index in [1.165, 1.54) is 18.2 Å². The molecule has 0 bridgehead atoms. The van der Waals surface area contributed by atoms with Gasteiger partial charge in [-0.05, 0) is 74.7 Å². The predicted octanol–water partition coefficient (Wildman–Crippen LogP) is 3.51. The van der Waals surface area contributed by atoms with Crippen molar-refractivity contribution in [3.63, 3.8) is 0 Å². The zero-order valence-corrected chi connectivity index (χ0v) is 25.8. The minimum absolute atomic E-state index is 0.237. The van der Waals surface area contributed by atoms with Gasteiger partial charge >= 0.3 is 0 Å². The van der Waals surface area contributed by atoms with Crippen LogP contribution in [0.15, 0.2) is 48.7 Å². The average molecular weight is 641 g/mol. The van der Waals surface area contributed by atoms with E-state index in [0.717, 1.165) is 4.90 Å². The van der Waals surface area contributed by atoms with Gasteiger partial charge in [0.05, 0.1) is 35.5 Å². The van der Waals surface area contributed by atoms with E-state index in [4.69, 9.17) is 4.74 Å². The van der Waals surface area contributed by atoms with Crippen LogP contribution in [0.5, 0.6) is 0 Å². The van der Waals surface area contributed by atoms with Gasteiger partial charge in [0.2, 0.25) is 5.91 Å². The summed E-state index contributed by atoms with van der Waals surface area (Å²) in [6.45, 7) is 8.49. The zero-order chi connectivity index (χ0) is 33.4. The minimum atomic E-state index is -0.867. The number of allylic oxidation sites excluding steroid dienone is 1. The fourth-order valence-electron chi connectivity index (χ4n) is 6.06. The Labute approximate surface area is 269 Å². The molecule has 1 unspecified atom stereocenters. The number of hydrogen-bond acceptors (Lipinski definition) is 7. The van der Waals surface area contributed by atoms with Gasteiger partial charge < -0.3 is 31.0 Å². The van der Waals surface area contributed by atoms with E-state index in [0.29, 0.717) is 76.7 Å². The number of aromatic amines is 1. The van der Waals surface area contributed by atoms with Gasteiger partial charge in [0, 0.05) is 47.1 Å². The number of fused-ring (bicyclic) bond motifs is 2. The first-order valence-electron chi connectivity index (χ1n) is 15.2. The smallest absolute Gasteiger partial charge is 0.262 e. The van der Waals surface area contributed by atoms with Crippen molar-refractivity contribution in [1.29, 1.82) is 0 Å². The number of nitrogens with zero attached hydrogens (tertiary/aromatic N) is 1. The summed E-state index contributed by atoms with van der Waals surface area (Å²) in [4.78, 5) is 68.1. The van der Waals surface area contributed by atoms with E-state index in [1.54, 1.807) is 38.1 Å². The lowest BCUT2D eigenvalue weighted by atomic mass is 10.0. The second-order valence-corrected chi connectivity index (χ2v) is 11.5. The van der Waals surface area contributed by atoms with Gasteiger partial charge in [-0.2, -0.15) is 0 Å². The van der Waals surface area contributed by atoms with E-state index in [9.17, 15) is 28.4 Å². The highest BCUT2D eigenvalue weighted by Crippen LogP contribution is 2.34. The summed E-state index contributed by atoms with van der Waals surface area (Å²) in [5.74, 6) is -2.51. The topological polar surface area (TPSA) is 162 Å². The van der Waals surface area contributed by atoms with E-state index >= 15 is 0 Å². The van der Waals surface area contributed by atoms with Crippen LogP contribution < -0.4 is 21.3 Å². The van der Waals surface area contributed by atoms with Crippen molar-refractivity contribution in [3.8, 4) is 0 Å². The van der Waals surface area contributed by atoms with Gasteiger partial charge in [-0.15, -0.1) is 0 Å². The second-order valence-electron chi connectivity index (χ2n) is 11.5. The van der Waals surface area contributed by atoms with Crippen molar-refractivity contribution in [1.82, 2.24) is 20.5 Å². The first-order valence-corrected chi connectivity index (χ1v) is 15.2. The van der Waals surface area contributed by atoms with E-state index in [2.05, 4.69) is 32.8 Å². The molecule has 6 rings (SSSR count).